The number of carbonyl (C=O) groups excluding carboxylic acids is 1. The summed E-state index contributed by atoms with van der Waals surface area (Å²) in [5.74, 6) is 1.65. The topological polar surface area (TPSA) is 95.7 Å². The molecule has 0 saturated carbocycles. The van der Waals surface area contributed by atoms with Crippen LogP contribution in [-0.2, 0) is 11.2 Å². The molecule has 0 aliphatic heterocycles. The van der Waals surface area contributed by atoms with Gasteiger partial charge in [0.2, 0.25) is 5.91 Å². The van der Waals surface area contributed by atoms with Gasteiger partial charge in [-0.15, -0.1) is 0 Å². The Morgan fingerprint density at radius 2 is 1.87 bits per heavy atom. The third-order valence-corrected chi connectivity index (χ3v) is 5.46. The fourth-order valence-electron chi connectivity index (χ4n) is 3.71. The highest BCUT2D eigenvalue weighted by atomic mass is 16.5. The fourth-order valence-corrected chi connectivity index (χ4v) is 3.71. The molecule has 0 unspecified atom stereocenters. The average Bonchev–Trinajstić information content (AvgIpc) is 3.35. The first-order valence-electron chi connectivity index (χ1n) is 10.4. The van der Waals surface area contributed by atoms with Gasteiger partial charge in [0.05, 0.1) is 36.3 Å². The summed E-state index contributed by atoms with van der Waals surface area (Å²) in [6.45, 7) is 6.08. The molecule has 3 N–H and O–H groups in total. The van der Waals surface area contributed by atoms with Gasteiger partial charge >= 0.3 is 0 Å². The van der Waals surface area contributed by atoms with Crippen molar-refractivity contribution in [2.45, 2.75) is 33.2 Å². The zero-order chi connectivity index (χ0) is 22.0. The number of imidazole rings is 1. The molecule has 7 heteroatoms. The Morgan fingerprint density at radius 1 is 1.13 bits per heavy atom. The summed E-state index contributed by atoms with van der Waals surface area (Å²) in [4.78, 5) is 21.1. The first-order valence-corrected chi connectivity index (χ1v) is 10.4. The van der Waals surface area contributed by atoms with Gasteiger partial charge in [-0.1, -0.05) is 26.0 Å². The molecule has 4 aromatic rings. The molecule has 0 bridgehead atoms. The number of benzene rings is 2. The van der Waals surface area contributed by atoms with Crippen LogP contribution in [0.15, 0.2) is 48.5 Å². The molecule has 0 spiro atoms. The first-order chi connectivity index (χ1) is 15.0. The minimum Gasteiger partial charge on any atom is -0.497 e. The second-order valence-electron chi connectivity index (χ2n) is 8.01. The van der Waals surface area contributed by atoms with Crippen LogP contribution >= 0.6 is 0 Å². The van der Waals surface area contributed by atoms with E-state index in [1.54, 1.807) is 7.11 Å². The molecule has 0 saturated heterocycles. The first kappa shape index (κ1) is 20.7. The minimum absolute atomic E-state index is 0.0709. The summed E-state index contributed by atoms with van der Waals surface area (Å²) in [6, 6.07) is 15.3. The van der Waals surface area contributed by atoms with E-state index in [-0.39, 0.29) is 24.3 Å². The number of hydrogen-bond donors (Lipinski definition) is 3. The Morgan fingerprint density at radius 3 is 2.55 bits per heavy atom. The number of aryl methyl sites for hydroxylation is 1. The van der Waals surface area contributed by atoms with Crippen LogP contribution in [0.4, 0.5) is 0 Å². The Hall–Kier alpha value is -3.61. The number of para-hydroxylation sites is 2. The second kappa shape index (κ2) is 8.63. The Bertz CT molecular complexity index is 1160. The number of rotatable bonds is 7. The lowest BCUT2D eigenvalue weighted by Gasteiger charge is -2.20. The molecule has 0 aliphatic carbocycles. The predicted molar refractivity (Wildman–Crippen MR) is 121 cm³/mol. The minimum atomic E-state index is -0.212. The van der Waals surface area contributed by atoms with E-state index in [0.29, 0.717) is 0 Å². The van der Waals surface area contributed by atoms with Crippen molar-refractivity contribution in [3.63, 3.8) is 0 Å². The standard InChI is InChI=1S/C24H27N5O2/c1-14(2)22(24-25-19-7-5-6-8-20(19)26-24)27-21(30)13-18-15(3)28-29-23(18)16-9-11-17(31-4)12-10-16/h5-12,14,22H,13H2,1-4H3,(H,25,26)(H,27,30)(H,28,29)/t22-/m1/s1. The lowest BCUT2D eigenvalue weighted by molar-refractivity contribution is -0.121. The Kier molecular flexibility index (Phi) is 5.75. The molecule has 7 nitrogen and oxygen atoms in total. The molecule has 31 heavy (non-hydrogen) atoms. The van der Waals surface area contributed by atoms with Gasteiger partial charge in [-0.2, -0.15) is 5.10 Å². The van der Waals surface area contributed by atoms with Crippen molar-refractivity contribution in [2.24, 2.45) is 5.92 Å². The third-order valence-electron chi connectivity index (χ3n) is 5.46. The molecule has 2 aromatic heterocycles. The normalized spacial score (nSPS) is 12.3. The Labute approximate surface area is 181 Å². The van der Waals surface area contributed by atoms with Gasteiger partial charge in [-0.25, -0.2) is 4.98 Å². The van der Waals surface area contributed by atoms with Crippen molar-refractivity contribution in [3.05, 3.63) is 65.6 Å². The van der Waals surface area contributed by atoms with Crippen LogP contribution in [0, 0.1) is 12.8 Å². The van der Waals surface area contributed by atoms with Gasteiger partial charge in [0.1, 0.15) is 11.6 Å². The molecule has 0 aliphatic rings. The van der Waals surface area contributed by atoms with Crippen LogP contribution < -0.4 is 10.1 Å². The van der Waals surface area contributed by atoms with Gasteiger partial charge in [-0.3, -0.25) is 9.89 Å². The van der Waals surface area contributed by atoms with Gasteiger partial charge < -0.3 is 15.0 Å². The van der Waals surface area contributed by atoms with Gasteiger partial charge in [0, 0.05) is 16.8 Å². The summed E-state index contributed by atoms with van der Waals surface area (Å²) in [6.07, 6.45) is 0.229. The van der Waals surface area contributed by atoms with Gasteiger partial charge in [0.15, 0.2) is 0 Å². The van der Waals surface area contributed by atoms with Crippen LogP contribution in [-0.4, -0.2) is 33.2 Å². The molecular formula is C24H27N5O2. The van der Waals surface area contributed by atoms with Crippen LogP contribution in [0.25, 0.3) is 22.3 Å². The number of aromatic amines is 2. The van der Waals surface area contributed by atoms with Crippen LogP contribution in [0.5, 0.6) is 5.75 Å². The lowest BCUT2D eigenvalue weighted by Crippen LogP contribution is -2.33. The van der Waals surface area contributed by atoms with E-state index < -0.39 is 0 Å². The summed E-state index contributed by atoms with van der Waals surface area (Å²) in [7, 11) is 1.64. The molecule has 1 amide bonds. The number of carbonyl (C=O) groups is 1. The zero-order valence-electron chi connectivity index (χ0n) is 18.2. The molecule has 0 radical (unpaired) electrons. The number of fused-ring (bicyclic) bond motifs is 1. The quantitative estimate of drug-likeness (QED) is 0.417. The van der Waals surface area contributed by atoms with Crippen LogP contribution in [0.3, 0.4) is 0 Å². The number of nitrogens with zero attached hydrogens (tertiary/aromatic N) is 2. The monoisotopic (exact) mass is 417 g/mol. The fraction of sp³-hybridized carbons (Fsp3) is 0.292. The van der Waals surface area contributed by atoms with Gasteiger partial charge in [0.25, 0.3) is 0 Å². The zero-order valence-corrected chi connectivity index (χ0v) is 18.2. The van der Waals surface area contributed by atoms with E-state index >= 15 is 0 Å². The number of amides is 1. The molecule has 2 heterocycles. The van der Waals surface area contributed by atoms with Crippen molar-refractivity contribution in [3.8, 4) is 17.0 Å². The molecule has 1 atom stereocenters. The van der Waals surface area contributed by atoms with Crippen molar-refractivity contribution < 1.29 is 9.53 Å². The highest BCUT2D eigenvalue weighted by molar-refractivity contribution is 5.82. The lowest BCUT2D eigenvalue weighted by atomic mass is 10.0. The number of ether oxygens (including phenoxy) is 1. The number of H-pyrrole nitrogens is 2. The summed E-state index contributed by atoms with van der Waals surface area (Å²) in [5.41, 5.74) is 5.33. The smallest absolute Gasteiger partial charge is 0.225 e. The second-order valence-corrected chi connectivity index (χ2v) is 8.01. The van der Waals surface area contributed by atoms with Crippen molar-refractivity contribution in [1.29, 1.82) is 0 Å². The highest BCUT2D eigenvalue weighted by Gasteiger charge is 2.23. The van der Waals surface area contributed by atoms with Crippen LogP contribution in [0.2, 0.25) is 0 Å². The van der Waals surface area contributed by atoms with Crippen molar-refractivity contribution in [1.82, 2.24) is 25.5 Å². The summed E-state index contributed by atoms with van der Waals surface area (Å²) in [5, 5.41) is 10.6. The van der Waals surface area contributed by atoms with Crippen molar-refractivity contribution >= 4 is 16.9 Å². The van der Waals surface area contributed by atoms with E-state index in [0.717, 1.165) is 45.1 Å². The van der Waals surface area contributed by atoms with E-state index in [2.05, 4.69) is 39.3 Å². The predicted octanol–water partition coefficient (Wildman–Crippen LogP) is 4.33. The maximum atomic E-state index is 13.0. The maximum Gasteiger partial charge on any atom is 0.225 e. The van der Waals surface area contributed by atoms with E-state index in [4.69, 9.17) is 4.74 Å². The average molecular weight is 418 g/mol. The van der Waals surface area contributed by atoms with Crippen molar-refractivity contribution in [2.75, 3.05) is 7.11 Å². The maximum absolute atomic E-state index is 13.0. The van der Waals surface area contributed by atoms with E-state index in [9.17, 15) is 4.79 Å². The molecule has 2 aromatic carbocycles. The third kappa shape index (κ3) is 4.30. The highest BCUT2D eigenvalue weighted by Crippen LogP contribution is 2.27. The number of methoxy groups -OCH3 is 1. The molecule has 0 fully saturated rings. The number of nitrogens with one attached hydrogen (secondary N) is 3. The summed E-state index contributed by atoms with van der Waals surface area (Å²) >= 11 is 0. The Balaban J connectivity index is 1.55. The molecule has 160 valence electrons. The van der Waals surface area contributed by atoms with E-state index in [1.807, 2.05) is 55.5 Å². The largest absolute Gasteiger partial charge is 0.497 e. The number of aromatic nitrogens is 4. The number of hydrogen-bond acceptors (Lipinski definition) is 4. The SMILES string of the molecule is COc1ccc(-c2n[nH]c(C)c2CC(=O)N[C@@H](c2nc3ccccc3[nH]2)C(C)C)cc1. The molecule has 4 rings (SSSR count). The van der Waals surface area contributed by atoms with Crippen LogP contribution in [0.1, 0.15) is 37.0 Å². The van der Waals surface area contributed by atoms with E-state index in [1.165, 1.54) is 0 Å². The summed E-state index contributed by atoms with van der Waals surface area (Å²) < 4.78 is 5.23. The van der Waals surface area contributed by atoms with Gasteiger partial charge in [-0.05, 0) is 49.2 Å². The molecular weight excluding hydrogens is 390 g/mol.